The Kier molecular flexibility index (Phi) is 3.20. The highest BCUT2D eigenvalue weighted by atomic mass is 16.4. The molecule has 126 valence electrons. The van der Waals surface area contributed by atoms with Crippen LogP contribution < -0.4 is 0 Å². The molecule has 1 aliphatic heterocycles. The first-order valence-electron chi connectivity index (χ1n) is 9.03. The summed E-state index contributed by atoms with van der Waals surface area (Å²) in [4.78, 5) is 14.3. The Morgan fingerprint density at radius 2 is 2.09 bits per heavy atom. The highest BCUT2D eigenvalue weighted by molar-refractivity contribution is 5.91. The Labute approximate surface area is 138 Å². The summed E-state index contributed by atoms with van der Waals surface area (Å²) in [5, 5.41) is 12.8. The van der Waals surface area contributed by atoms with Crippen molar-refractivity contribution >= 4 is 11.5 Å². The fourth-order valence-electron chi connectivity index (χ4n) is 6.45. The Hall–Kier alpha value is -1.32. The lowest BCUT2D eigenvalue weighted by Crippen LogP contribution is -2.56. The van der Waals surface area contributed by atoms with Gasteiger partial charge in [0.25, 0.3) is 0 Å². The van der Waals surface area contributed by atoms with Gasteiger partial charge in [-0.25, -0.2) is 0 Å². The molecular weight excluding hydrogens is 288 g/mol. The SMILES string of the molecule is CN1C[C@H]2[C@@H]3CC(=NO)C[C@@]3(C)CC[C@@H]2[C@@]2(C)CCC(=O)C=C12. The number of likely N-dealkylation sites (tertiary alicyclic amines) is 1. The molecule has 4 heteroatoms. The topological polar surface area (TPSA) is 52.9 Å². The maximum atomic E-state index is 11.9. The number of oxime groups is 1. The lowest BCUT2D eigenvalue weighted by molar-refractivity contribution is -0.118. The fourth-order valence-corrected chi connectivity index (χ4v) is 6.45. The number of piperidine rings is 1. The van der Waals surface area contributed by atoms with Crippen molar-refractivity contribution < 1.29 is 10.0 Å². The number of fused-ring (bicyclic) bond motifs is 5. The molecule has 0 aromatic rings. The molecule has 0 spiro atoms. The molecule has 5 atom stereocenters. The number of hydrogen-bond donors (Lipinski definition) is 1. The van der Waals surface area contributed by atoms with Crippen molar-refractivity contribution in [2.45, 2.75) is 52.4 Å². The number of ketones is 1. The van der Waals surface area contributed by atoms with E-state index < -0.39 is 0 Å². The van der Waals surface area contributed by atoms with Crippen LogP contribution in [0.4, 0.5) is 0 Å². The number of rotatable bonds is 0. The zero-order valence-corrected chi connectivity index (χ0v) is 14.5. The lowest BCUT2D eigenvalue weighted by atomic mass is 9.50. The summed E-state index contributed by atoms with van der Waals surface area (Å²) in [6, 6.07) is 0. The van der Waals surface area contributed by atoms with Gasteiger partial charge in [-0.15, -0.1) is 0 Å². The van der Waals surface area contributed by atoms with Crippen molar-refractivity contribution in [2.24, 2.45) is 33.7 Å². The third kappa shape index (κ3) is 2.03. The lowest BCUT2D eigenvalue weighted by Gasteiger charge is -2.59. The Bertz CT molecular complexity index is 610. The van der Waals surface area contributed by atoms with Gasteiger partial charge in [0.1, 0.15) is 0 Å². The van der Waals surface area contributed by atoms with Crippen LogP contribution in [0, 0.1) is 28.6 Å². The summed E-state index contributed by atoms with van der Waals surface area (Å²) in [5.41, 5.74) is 2.70. The van der Waals surface area contributed by atoms with Gasteiger partial charge in [0.05, 0.1) is 5.71 Å². The summed E-state index contributed by atoms with van der Waals surface area (Å²) < 4.78 is 0. The van der Waals surface area contributed by atoms with Crippen LogP contribution in [0.1, 0.15) is 52.4 Å². The molecular formula is C19H28N2O2. The highest BCUT2D eigenvalue weighted by Gasteiger charge is 2.58. The van der Waals surface area contributed by atoms with Crippen molar-refractivity contribution in [3.8, 4) is 0 Å². The van der Waals surface area contributed by atoms with E-state index in [-0.39, 0.29) is 5.41 Å². The quantitative estimate of drug-likeness (QED) is 0.550. The van der Waals surface area contributed by atoms with Gasteiger partial charge in [-0.2, -0.15) is 0 Å². The maximum Gasteiger partial charge on any atom is 0.157 e. The fraction of sp³-hybridized carbons (Fsp3) is 0.789. The van der Waals surface area contributed by atoms with E-state index in [1.807, 2.05) is 6.08 Å². The third-order valence-electron chi connectivity index (χ3n) is 7.65. The van der Waals surface area contributed by atoms with E-state index in [4.69, 9.17) is 0 Å². The van der Waals surface area contributed by atoms with Gasteiger partial charge in [-0.1, -0.05) is 19.0 Å². The van der Waals surface area contributed by atoms with Gasteiger partial charge in [-0.3, -0.25) is 4.79 Å². The molecule has 0 radical (unpaired) electrons. The summed E-state index contributed by atoms with van der Waals surface area (Å²) in [7, 11) is 2.15. The molecule has 1 heterocycles. The largest absolute Gasteiger partial charge is 0.411 e. The Morgan fingerprint density at radius 3 is 2.83 bits per heavy atom. The molecule has 4 nitrogen and oxygen atoms in total. The second-order valence-corrected chi connectivity index (χ2v) is 8.91. The average molecular weight is 316 g/mol. The van der Waals surface area contributed by atoms with Crippen molar-refractivity contribution in [2.75, 3.05) is 13.6 Å². The number of allylic oxidation sites excluding steroid dienone is 2. The normalized spacial score (nSPS) is 47.9. The molecule has 2 saturated carbocycles. The first kappa shape index (κ1) is 15.2. The molecule has 1 N–H and O–H groups in total. The Balaban J connectivity index is 1.72. The molecule has 0 aromatic carbocycles. The van der Waals surface area contributed by atoms with Gasteiger partial charge < -0.3 is 10.1 Å². The molecule has 4 aliphatic rings. The molecule has 0 bridgehead atoms. The monoisotopic (exact) mass is 316 g/mol. The number of hydrogen-bond acceptors (Lipinski definition) is 4. The van der Waals surface area contributed by atoms with Crippen LogP contribution in [-0.2, 0) is 4.79 Å². The van der Waals surface area contributed by atoms with Gasteiger partial charge >= 0.3 is 0 Å². The maximum absolute atomic E-state index is 11.9. The van der Waals surface area contributed by atoms with E-state index >= 15 is 0 Å². The van der Waals surface area contributed by atoms with Gasteiger partial charge in [0, 0.05) is 37.2 Å². The van der Waals surface area contributed by atoms with Crippen molar-refractivity contribution in [3.63, 3.8) is 0 Å². The van der Waals surface area contributed by atoms with E-state index in [9.17, 15) is 10.0 Å². The minimum atomic E-state index is 0.145. The zero-order chi connectivity index (χ0) is 16.4. The third-order valence-corrected chi connectivity index (χ3v) is 7.65. The van der Waals surface area contributed by atoms with Crippen LogP contribution in [0.15, 0.2) is 16.9 Å². The molecule has 3 aliphatic carbocycles. The van der Waals surface area contributed by atoms with E-state index in [2.05, 4.69) is 31.0 Å². The smallest absolute Gasteiger partial charge is 0.157 e. The summed E-state index contributed by atoms with van der Waals surface area (Å²) >= 11 is 0. The molecule has 0 amide bonds. The first-order valence-corrected chi connectivity index (χ1v) is 9.03. The van der Waals surface area contributed by atoms with Crippen LogP contribution in [-0.4, -0.2) is 35.2 Å². The van der Waals surface area contributed by atoms with Crippen molar-refractivity contribution in [1.29, 1.82) is 0 Å². The average Bonchev–Trinajstić information content (AvgIpc) is 2.86. The minimum absolute atomic E-state index is 0.145. The summed E-state index contributed by atoms with van der Waals surface area (Å²) in [6.07, 6.45) is 7.98. The van der Waals surface area contributed by atoms with Crippen LogP contribution in [0.25, 0.3) is 0 Å². The van der Waals surface area contributed by atoms with E-state index in [1.165, 1.54) is 18.5 Å². The van der Waals surface area contributed by atoms with E-state index in [0.717, 1.165) is 31.5 Å². The van der Waals surface area contributed by atoms with Gasteiger partial charge in [0.2, 0.25) is 0 Å². The van der Waals surface area contributed by atoms with E-state index in [0.29, 0.717) is 35.4 Å². The molecule has 3 fully saturated rings. The van der Waals surface area contributed by atoms with E-state index in [1.54, 1.807) is 0 Å². The van der Waals surface area contributed by atoms with Crippen molar-refractivity contribution in [1.82, 2.24) is 4.90 Å². The van der Waals surface area contributed by atoms with Crippen LogP contribution in [0.2, 0.25) is 0 Å². The minimum Gasteiger partial charge on any atom is -0.411 e. The van der Waals surface area contributed by atoms with Crippen molar-refractivity contribution in [3.05, 3.63) is 11.8 Å². The summed E-state index contributed by atoms with van der Waals surface area (Å²) in [5.74, 6) is 2.21. The number of carbonyl (C=O) groups excluding carboxylic acids is 1. The highest BCUT2D eigenvalue weighted by Crippen LogP contribution is 2.63. The number of carbonyl (C=O) groups is 1. The second kappa shape index (κ2) is 4.84. The standard InChI is InChI=1S/C19H28N2O2/c1-18-6-5-15-14(16(18)8-12(10-18)20-23)11-21(3)17-9-13(22)4-7-19(15,17)2/h9,14-16,23H,4-8,10-11H2,1-3H3/t14-,15+,16+,18-,19-/m1/s1. The Morgan fingerprint density at radius 1 is 1.30 bits per heavy atom. The van der Waals surface area contributed by atoms with Gasteiger partial charge in [-0.05, 0) is 55.3 Å². The summed E-state index contributed by atoms with van der Waals surface area (Å²) in [6.45, 7) is 5.82. The first-order chi connectivity index (χ1) is 10.9. The van der Waals surface area contributed by atoms with Crippen LogP contribution >= 0.6 is 0 Å². The molecule has 23 heavy (non-hydrogen) atoms. The molecule has 0 unspecified atom stereocenters. The molecule has 0 aromatic heterocycles. The molecule has 1 saturated heterocycles. The second-order valence-electron chi connectivity index (χ2n) is 8.91. The predicted molar refractivity (Wildman–Crippen MR) is 89.3 cm³/mol. The molecule has 4 rings (SSSR count). The predicted octanol–water partition coefficient (Wildman–Crippen LogP) is 3.46. The zero-order valence-electron chi connectivity index (χ0n) is 14.5. The van der Waals surface area contributed by atoms with Crippen LogP contribution in [0.3, 0.4) is 0 Å². The van der Waals surface area contributed by atoms with Crippen LogP contribution in [0.5, 0.6) is 0 Å². The van der Waals surface area contributed by atoms with Gasteiger partial charge in [0.15, 0.2) is 5.78 Å². The number of nitrogens with zero attached hydrogens (tertiary/aromatic N) is 2.